The zero-order valence-electron chi connectivity index (χ0n) is 11.4. The van der Waals surface area contributed by atoms with Gasteiger partial charge in [-0.15, -0.1) is 0 Å². The molecule has 20 heavy (non-hydrogen) atoms. The number of nitrogens with one attached hydrogen (secondary N) is 1. The third-order valence-electron chi connectivity index (χ3n) is 3.29. The van der Waals surface area contributed by atoms with Gasteiger partial charge in [0.05, 0.1) is 12.6 Å². The van der Waals surface area contributed by atoms with Gasteiger partial charge in [0.2, 0.25) is 0 Å². The maximum atomic E-state index is 12.2. The molecule has 0 aliphatic carbocycles. The molecular formula is C13H20N2O4S. The number of para-hydroxylation sites is 1. The van der Waals surface area contributed by atoms with E-state index in [1.807, 2.05) is 24.3 Å². The summed E-state index contributed by atoms with van der Waals surface area (Å²) in [5, 5.41) is 8.77. The molecule has 0 amide bonds. The summed E-state index contributed by atoms with van der Waals surface area (Å²) in [5.41, 5.74) is 0.859. The topological polar surface area (TPSA) is 78.9 Å². The summed E-state index contributed by atoms with van der Waals surface area (Å²) < 4.78 is 33.8. The average molecular weight is 300 g/mol. The molecule has 0 aromatic heterocycles. The zero-order chi connectivity index (χ0) is 14.6. The molecule has 112 valence electrons. The van der Waals surface area contributed by atoms with Crippen LogP contribution >= 0.6 is 0 Å². The van der Waals surface area contributed by atoms with E-state index in [2.05, 4.69) is 4.72 Å². The van der Waals surface area contributed by atoms with Crippen LogP contribution in [0.1, 0.15) is 24.4 Å². The fraction of sp³-hybridized carbons (Fsp3) is 0.538. The lowest BCUT2D eigenvalue weighted by molar-refractivity contribution is 0.259. The molecule has 0 saturated carbocycles. The molecule has 2 rings (SSSR count). The van der Waals surface area contributed by atoms with Crippen LogP contribution in [0.4, 0.5) is 0 Å². The Kier molecular flexibility index (Phi) is 4.98. The highest BCUT2D eigenvalue weighted by atomic mass is 32.2. The molecule has 7 heteroatoms. The van der Waals surface area contributed by atoms with Crippen LogP contribution in [0.25, 0.3) is 0 Å². The van der Waals surface area contributed by atoms with E-state index in [9.17, 15) is 8.42 Å². The van der Waals surface area contributed by atoms with Gasteiger partial charge in [-0.2, -0.15) is 17.4 Å². The van der Waals surface area contributed by atoms with Crippen LogP contribution in [0, 0.1) is 0 Å². The highest BCUT2D eigenvalue weighted by Crippen LogP contribution is 2.32. The average Bonchev–Trinajstić information content (AvgIpc) is 2.44. The monoisotopic (exact) mass is 300 g/mol. The van der Waals surface area contributed by atoms with E-state index in [1.54, 1.807) is 0 Å². The van der Waals surface area contributed by atoms with Crippen LogP contribution in [-0.2, 0) is 10.2 Å². The Balaban J connectivity index is 2.10. The summed E-state index contributed by atoms with van der Waals surface area (Å²) in [6.45, 7) is 0.751. The second-order valence-electron chi connectivity index (χ2n) is 4.75. The number of ether oxygens (including phenoxy) is 1. The van der Waals surface area contributed by atoms with E-state index in [-0.39, 0.29) is 19.2 Å². The first-order valence-electron chi connectivity index (χ1n) is 6.61. The van der Waals surface area contributed by atoms with Crippen molar-refractivity contribution in [1.82, 2.24) is 9.03 Å². The maximum absolute atomic E-state index is 12.2. The summed E-state index contributed by atoms with van der Waals surface area (Å²) in [7, 11) is -2.05. The molecule has 0 spiro atoms. The highest BCUT2D eigenvalue weighted by molar-refractivity contribution is 7.87. The van der Waals surface area contributed by atoms with Gasteiger partial charge < -0.3 is 9.84 Å². The van der Waals surface area contributed by atoms with E-state index in [0.29, 0.717) is 19.4 Å². The van der Waals surface area contributed by atoms with Crippen molar-refractivity contribution in [3.8, 4) is 5.75 Å². The number of nitrogens with zero attached hydrogens (tertiary/aromatic N) is 1. The highest BCUT2D eigenvalue weighted by Gasteiger charge is 2.27. The van der Waals surface area contributed by atoms with Crippen molar-refractivity contribution < 1.29 is 18.3 Å². The molecule has 1 atom stereocenters. The van der Waals surface area contributed by atoms with E-state index >= 15 is 0 Å². The van der Waals surface area contributed by atoms with Gasteiger partial charge in [0.1, 0.15) is 5.75 Å². The molecular weight excluding hydrogens is 280 g/mol. The molecule has 1 aromatic rings. The normalized spacial score (nSPS) is 18.6. The third kappa shape index (κ3) is 3.49. The van der Waals surface area contributed by atoms with Crippen molar-refractivity contribution in [3.05, 3.63) is 29.8 Å². The number of aliphatic hydroxyl groups is 1. The quantitative estimate of drug-likeness (QED) is 0.809. The Morgan fingerprint density at radius 1 is 1.45 bits per heavy atom. The number of hydrogen-bond donors (Lipinski definition) is 2. The summed E-state index contributed by atoms with van der Waals surface area (Å²) in [6.07, 6.45) is 1.02. The standard InChI is InChI=1S/C13H20N2O4S/c1-15(8-4-9-16)20(17,18)14-12-7-10-19-13-6-3-2-5-11(12)13/h2-3,5-6,12,14,16H,4,7-10H2,1H3. The predicted molar refractivity (Wildman–Crippen MR) is 75.7 cm³/mol. The number of benzene rings is 1. The molecule has 1 heterocycles. The van der Waals surface area contributed by atoms with Gasteiger partial charge in [-0.25, -0.2) is 0 Å². The number of aliphatic hydroxyl groups excluding tert-OH is 1. The second kappa shape index (κ2) is 6.53. The summed E-state index contributed by atoms with van der Waals surface area (Å²) in [6, 6.07) is 7.16. The fourth-order valence-electron chi connectivity index (χ4n) is 2.15. The lowest BCUT2D eigenvalue weighted by Crippen LogP contribution is -2.42. The predicted octanol–water partition coefficient (Wildman–Crippen LogP) is 0.659. The third-order valence-corrected chi connectivity index (χ3v) is 4.88. The first-order valence-corrected chi connectivity index (χ1v) is 8.05. The van der Waals surface area contributed by atoms with Crippen LogP contribution in [0.5, 0.6) is 5.75 Å². The molecule has 0 saturated heterocycles. The molecule has 0 radical (unpaired) electrons. The van der Waals surface area contributed by atoms with Crippen molar-refractivity contribution >= 4 is 10.2 Å². The fourth-order valence-corrected chi connectivity index (χ4v) is 3.30. The van der Waals surface area contributed by atoms with Crippen molar-refractivity contribution in [3.63, 3.8) is 0 Å². The van der Waals surface area contributed by atoms with E-state index < -0.39 is 10.2 Å². The van der Waals surface area contributed by atoms with Crippen LogP contribution < -0.4 is 9.46 Å². The van der Waals surface area contributed by atoms with Gasteiger partial charge in [0, 0.05) is 32.2 Å². The molecule has 2 N–H and O–H groups in total. The molecule has 1 unspecified atom stereocenters. The number of fused-ring (bicyclic) bond motifs is 1. The minimum atomic E-state index is -3.56. The molecule has 0 bridgehead atoms. The molecule has 1 aliphatic rings. The lowest BCUT2D eigenvalue weighted by atomic mass is 10.0. The van der Waals surface area contributed by atoms with Crippen LogP contribution in [-0.4, -0.2) is 44.6 Å². The smallest absolute Gasteiger partial charge is 0.279 e. The summed E-state index contributed by atoms with van der Waals surface area (Å²) in [5.74, 6) is 0.726. The zero-order valence-corrected chi connectivity index (χ0v) is 12.3. The van der Waals surface area contributed by atoms with E-state index in [0.717, 1.165) is 11.3 Å². The van der Waals surface area contributed by atoms with Crippen molar-refractivity contribution in [2.45, 2.75) is 18.9 Å². The Hall–Kier alpha value is -1.15. The Bertz CT molecular complexity index is 547. The summed E-state index contributed by atoms with van der Waals surface area (Å²) in [4.78, 5) is 0. The minimum Gasteiger partial charge on any atom is -0.493 e. The Labute approximate surface area is 119 Å². The van der Waals surface area contributed by atoms with Gasteiger partial charge in [0.15, 0.2) is 0 Å². The Morgan fingerprint density at radius 3 is 2.95 bits per heavy atom. The second-order valence-corrected chi connectivity index (χ2v) is 6.56. The molecule has 1 aliphatic heterocycles. The number of rotatable bonds is 6. The first-order chi connectivity index (χ1) is 9.54. The van der Waals surface area contributed by atoms with Crippen LogP contribution in [0.3, 0.4) is 0 Å². The maximum Gasteiger partial charge on any atom is 0.279 e. The SMILES string of the molecule is CN(CCCO)S(=O)(=O)NC1CCOc2ccccc21. The van der Waals surface area contributed by atoms with Crippen molar-refractivity contribution in [1.29, 1.82) is 0 Å². The van der Waals surface area contributed by atoms with E-state index in [4.69, 9.17) is 9.84 Å². The molecule has 1 aromatic carbocycles. The van der Waals surface area contributed by atoms with E-state index in [1.165, 1.54) is 11.4 Å². The first kappa shape index (κ1) is 15.2. The van der Waals surface area contributed by atoms with Crippen molar-refractivity contribution in [2.75, 3.05) is 26.8 Å². The van der Waals surface area contributed by atoms with Crippen LogP contribution in [0.2, 0.25) is 0 Å². The van der Waals surface area contributed by atoms with Gasteiger partial charge in [-0.1, -0.05) is 18.2 Å². The van der Waals surface area contributed by atoms with Crippen LogP contribution in [0.15, 0.2) is 24.3 Å². The minimum absolute atomic E-state index is 0.0278. The van der Waals surface area contributed by atoms with Gasteiger partial charge in [0.25, 0.3) is 10.2 Å². The Morgan fingerprint density at radius 2 is 2.20 bits per heavy atom. The number of hydrogen-bond acceptors (Lipinski definition) is 4. The largest absolute Gasteiger partial charge is 0.493 e. The molecule has 6 nitrogen and oxygen atoms in total. The van der Waals surface area contributed by atoms with Gasteiger partial charge in [-0.3, -0.25) is 0 Å². The summed E-state index contributed by atoms with van der Waals surface area (Å²) >= 11 is 0. The van der Waals surface area contributed by atoms with Gasteiger partial charge in [-0.05, 0) is 12.5 Å². The van der Waals surface area contributed by atoms with Gasteiger partial charge >= 0.3 is 0 Å². The lowest BCUT2D eigenvalue weighted by Gasteiger charge is -2.28. The molecule has 0 fully saturated rings. The van der Waals surface area contributed by atoms with Crippen molar-refractivity contribution in [2.24, 2.45) is 0 Å².